The second kappa shape index (κ2) is 7.53. The lowest BCUT2D eigenvalue weighted by molar-refractivity contribution is 0.621. The first-order chi connectivity index (χ1) is 20.0. The van der Waals surface area contributed by atoms with Crippen LogP contribution in [-0.4, -0.2) is 11.3 Å². The summed E-state index contributed by atoms with van der Waals surface area (Å²) in [6.07, 6.45) is 3.83. The molecule has 2 aliphatic heterocycles. The van der Waals surface area contributed by atoms with Crippen LogP contribution in [0.4, 0.5) is 0 Å². The predicted octanol–water partition coefficient (Wildman–Crippen LogP) is 6.30. The number of fused-ring (bicyclic) bond motifs is 7. The Morgan fingerprint density at radius 2 is 1.42 bits per heavy atom. The Labute approximate surface area is 232 Å². The Morgan fingerprint density at radius 1 is 0.737 bits per heavy atom. The molecule has 1 aliphatic carbocycles. The van der Waals surface area contributed by atoms with Crippen LogP contribution in [0.2, 0.25) is 0 Å². The zero-order valence-corrected chi connectivity index (χ0v) is 22.6. The molecule has 5 aromatic rings. The van der Waals surface area contributed by atoms with Crippen molar-refractivity contribution in [1.29, 1.82) is 0 Å². The Hall–Kier alpha value is -3.52. The van der Waals surface area contributed by atoms with Crippen molar-refractivity contribution < 1.29 is 5.48 Å². The van der Waals surface area contributed by atoms with Gasteiger partial charge in [0.1, 0.15) is 0 Å². The lowest BCUT2D eigenvalue weighted by atomic mass is 9.27. The van der Waals surface area contributed by atoms with Gasteiger partial charge in [0.05, 0.1) is 11.0 Å². The van der Waals surface area contributed by atoms with E-state index in [0.717, 1.165) is 42.6 Å². The number of benzene rings is 4. The fraction of sp³-hybridized carbons (Fsp3) is 0.278. The molecule has 0 saturated carbocycles. The number of nitrogens with zero attached hydrogens (tertiary/aromatic N) is 1. The molecule has 3 aliphatic rings. The highest BCUT2D eigenvalue weighted by Gasteiger charge is 2.47. The van der Waals surface area contributed by atoms with Crippen LogP contribution in [0.25, 0.3) is 16.6 Å². The standard InChI is InChI=1S/C36H34BN/c1-35(2)26-14-7-8-17-30(26)37-31-21-20-23(22-29(31)36(3,4)28-16-11-15-27(35)34(28)37)38-32-18-9-5-12-24(32)25-13-6-10-19-33(25)38/h5,7-9,11-12,14-18,20-22H,6,10,13,19H2,1-4H3/i5D,9D,12D,18D. The molecule has 8 rings (SSSR count). The maximum absolute atomic E-state index is 8.96. The molecule has 0 unspecified atom stereocenters. The smallest absolute Gasteiger partial charge is 0.242 e. The van der Waals surface area contributed by atoms with Gasteiger partial charge in [0.15, 0.2) is 0 Å². The lowest BCUT2D eigenvalue weighted by Crippen LogP contribution is -2.66. The van der Waals surface area contributed by atoms with Crippen molar-refractivity contribution >= 4 is 34.0 Å². The molecule has 0 amide bonds. The summed E-state index contributed by atoms with van der Waals surface area (Å²) in [6.45, 7) is 9.54. The summed E-state index contributed by atoms with van der Waals surface area (Å²) in [5.41, 5.74) is 13.1. The molecule has 38 heavy (non-hydrogen) atoms. The second-order valence-corrected chi connectivity index (χ2v) is 12.5. The van der Waals surface area contributed by atoms with Crippen LogP contribution in [0.15, 0.2) is 84.8 Å². The molecule has 3 heterocycles. The first-order valence-corrected chi connectivity index (χ1v) is 14.1. The van der Waals surface area contributed by atoms with Gasteiger partial charge in [-0.15, -0.1) is 0 Å². The van der Waals surface area contributed by atoms with Crippen LogP contribution in [0.5, 0.6) is 0 Å². The van der Waals surface area contributed by atoms with Crippen molar-refractivity contribution in [2.75, 3.05) is 0 Å². The van der Waals surface area contributed by atoms with Gasteiger partial charge in [-0.1, -0.05) is 111 Å². The normalized spacial score (nSPS) is 19.4. The summed E-state index contributed by atoms with van der Waals surface area (Å²) < 4.78 is 36.8. The monoisotopic (exact) mass is 495 g/mol. The SMILES string of the molecule is [2H]c1c([2H])c([2H])c2c(c1[2H])c1c(n2-c2ccc3c(c2)C(C)(C)c2cccc4c2B3c2ccccc2C4(C)C)CCCC1. The van der Waals surface area contributed by atoms with Crippen molar-refractivity contribution in [1.82, 2.24) is 4.57 Å². The largest absolute Gasteiger partial charge is 0.313 e. The molecule has 1 nitrogen and oxygen atoms in total. The van der Waals surface area contributed by atoms with Gasteiger partial charge < -0.3 is 4.57 Å². The van der Waals surface area contributed by atoms with Crippen LogP contribution >= 0.6 is 0 Å². The molecule has 0 spiro atoms. The highest BCUT2D eigenvalue weighted by Crippen LogP contribution is 2.42. The average Bonchev–Trinajstić information content (AvgIpc) is 3.34. The quantitative estimate of drug-likeness (QED) is 0.241. The third-order valence-electron chi connectivity index (χ3n) is 9.87. The van der Waals surface area contributed by atoms with Crippen molar-refractivity contribution in [3.8, 4) is 5.69 Å². The summed E-state index contributed by atoms with van der Waals surface area (Å²) in [5, 5.41) is 0.700. The number of hydrogen-bond donors (Lipinski definition) is 0. The van der Waals surface area contributed by atoms with E-state index in [-0.39, 0.29) is 41.7 Å². The predicted molar refractivity (Wildman–Crippen MR) is 162 cm³/mol. The van der Waals surface area contributed by atoms with E-state index in [4.69, 9.17) is 5.48 Å². The molecule has 1 aromatic heterocycles. The van der Waals surface area contributed by atoms with Gasteiger partial charge in [0.25, 0.3) is 0 Å². The Bertz CT molecular complexity index is 2000. The molecule has 0 radical (unpaired) electrons. The topological polar surface area (TPSA) is 4.93 Å². The lowest BCUT2D eigenvalue weighted by Gasteiger charge is -2.46. The number of hydrogen-bond acceptors (Lipinski definition) is 0. The zero-order valence-electron chi connectivity index (χ0n) is 26.6. The van der Waals surface area contributed by atoms with E-state index in [2.05, 4.69) is 92.9 Å². The molecular formula is C36H34BN. The Balaban J connectivity index is 1.44. The van der Waals surface area contributed by atoms with E-state index < -0.39 is 0 Å². The minimum atomic E-state index is -0.238. The molecule has 0 N–H and O–H groups in total. The molecule has 0 fully saturated rings. The molecule has 0 atom stereocenters. The summed E-state index contributed by atoms with van der Waals surface area (Å²) in [5.74, 6) is 0. The van der Waals surface area contributed by atoms with Crippen molar-refractivity contribution in [3.63, 3.8) is 0 Å². The number of aromatic nitrogens is 1. The summed E-state index contributed by atoms with van der Waals surface area (Å²) >= 11 is 0. The second-order valence-electron chi connectivity index (χ2n) is 12.5. The summed E-state index contributed by atoms with van der Waals surface area (Å²) in [6, 6.07) is 22.5. The van der Waals surface area contributed by atoms with Crippen LogP contribution in [0, 0.1) is 0 Å². The minimum absolute atomic E-state index is 0.0517. The van der Waals surface area contributed by atoms with Crippen molar-refractivity contribution in [2.45, 2.75) is 64.2 Å². The van der Waals surface area contributed by atoms with E-state index in [1.165, 1.54) is 38.6 Å². The van der Waals surface area contributed by atoms with Gasteiger partial charge in [-0.25, -0.2) is 0 Å². The van der Waals surface area contributed by atoms with Crippen LogP contribution < -0.4 is 16.4 Å². The first kappa shape index (κ1) is 18.7. The maximum Gasteiger partial charge on any atom is 0.242 e. The van der Waals surface area contributed by atoms with Gasteiger partial charge in [-0.05, 0) is 71.7 Å². The Kier molecular flexibility index (Phi) is 3.71. The van der Waals surface area contributed by atoms with E-state index in [0.29, 0.717) is 10.9 Å². The fourth-order valence-corrected chi connectivity index (χ4v) is 8.05. The molecular weight excluding hydrogens is 457 g/mol. The highest BCUT2D eigenvalue weighted by atomic mass is 15.0. The van der Waals surface area contributed by atoms with Crippen LogP contribution in [-0.2, 0) is 23.7 Å². The zero-order chi connectivity index (χ0) is 29.3. The molecule has 186 valence electrons. The highest BCUT2D eigenvalue weighted by molar-refractivity contribution is 6.97. The average molecular weight is 496 g/mol. The fourth-order valence-electron chi connectivity index (χ4n) is 8.05. The number of para-hydroxylation sites is 1. The van der Waals surface area contributed by atoms with Crippen molar-refractivity contribution in [2.24, 2.45) is 0 Å². The van der Waals surface area contributed by atoms with E-state index >= 15 is 0 Å². The van der Waals surface area contributed by atoms with E-state index in [1.807, 2.05) is 0 Å². The van der Waals surface area contributed by atoms with E-state index in [9.17, 15) is 0 Å². The minimum Gasteiger partial charge on any atom is -0.313 e. The first-order valence-electron chi connectivity index (χ1n) is 16.1. The molecule has 2 heteroatoms. The number of rotatable bonds is 1. The van der Waals surface area contributed by atoms with Crippen LogP contribution in [0.3, 0.4) is 0 Å². The molecule has 0 bridgehead atoms. The van der Waals surface area contributed by atoms with Gasteiger partial charge in [-0.3, -0.25) is 0 Å². The van der Waals surface area contributed by atoms with Crippen LogP contribution in [0.1, 0.15) is 79.5 Å². The van der Waals surface area contributed by atoms with Crippen molar-refractivity contribution in [3.05, 3.63) is 118 Å². The molecule has 4 aromatic carbocycles. The third kappa shape index (κ3) is 2.74. The van der Waals surface area contributed by atoms with E-state index in [1.54, 1.807) is 0 Å². The van der Waals surface area contributed by atoms with Gasteiger partial charge in [0, 0.05) is 27.6 Å². The Morgan fingerprint density at radius 3 is 2.26 bits per heavy atom. The summed E-state index contributed by atoms with van der Waals surface area (Å²) in [4.78, 5) is 0. The summed E-state index contributed by atoms with van der Waals surface area (Å²) in [7, 11) is 0. The third-order valence-corrected chi connectivity index (χ3v) is 9.87. The maximum atomic E-state index is 8.96. The number of aryl methyl sites for hydroxylation is 1. The van der Waals surface area contributed by atoms with Gasteiger partial charge in [0.2, 0.25) is 6.71 Å². The molecule has 0 saturated heterocycles. The van der Waals surface area contributed by atoms with Gasteiger partial charge in [-0.2, -0.15) is 0 Å². The van der Waals surface area contributed by atoms with Gasteiger partial charge >= 0.3 is 0 Å².